The number of carbonyl (C=O) groups is 1. The molecule has 0 spiro atoms. The van der Waals surface area contributed by atoms with Crippen LogP contribution in [-0.2, 0) is 16.1 Å². The molecule has 0 bridgehead atoms. The van der Waals surface area contributed by atoms with Gasteiger partial charge in [0, 0.05) is 16.9 Å². The van der Waals surface area contributed by atoms with Gasteiger partial charge < -0.3 is 14.6 Å². The van der Waals surface area contributed by atoms with Gasteiger partial charge in [0.2, 0.25) is 0 Å². The van der Waals surface area contributed by atoms with E-state index in [4.69, 9.17) is 9.47 Å². The van der Waals surface area contributed by atoms with Crippen LogP contribution in [-0.4, -0.2) is 30.4 Å². The molecular formula is C15H16O4S. The molecule has 0 amide bonds. The maximum atomic E-state index is 11.3. The Morgan fingerprint density at radius 3 is 3.05 bits per heavy atom. The highest BCUT2D eigenvalue weighted by atomic mass is 32.1. The standard InChI is InChI=1S/C15H16O4S/c16-15(17)14-12(9-18-8-10-4-3-7-19-10)11-5-1-2-6-13(11)20-14/h1-2,5-6,10H,3-4,7-9H2,(H,16,17). The molecule has 1 aromatic heterocycles. The Labute approximate surface area is 120 Å². The third kappa shape index (κ3) is 2.70. The normalized spacial score (nSPS) is 18.7. The first-order valence-corrected chi connectivity index (χ1v) is 7.50. The first-order chi connectivity index (χ1) is 9.75. The second kappa shape index (κ2) is 5.91. The molecule has 1 fully saturated rings. The van der Waals surface area contributed by atoms with E-state index in [1.165, 1.54) is 11.3 Å². The highest BCUT2D eigenvalue weighted by Crippen LogP contribution is 2.32. The van der Waals surface area contributed by atoms with Crippen molar-refractivity contribution in [2.75, 3.05) is 13.2 Å². The van der Waals surface area contributed by atoms with E-state index >= 15 is 0 Å². The van der Waals surface area contributed by atoms with Crippen LogP contribution in [0, 0.1) is 0 Å². The number of hydrogen-bond donors (Lipinski definition) is 1. The van der Waals surface area contributed by atoms with Crippen molar-refractivity contribution in [1.29, 1.82) is 0 Å². The fourth-order valence-corrected chi connectivity index (χ4v) is 3.53. The lowest BCUT2D eigenvalue weighted by molar-refractivity contribution is 0.0107. The molecule has 5 heteroatoms. The van der Waals surface area contributed by atoms with Gasteiger partial charge >= 0.3 is 5.97 Å². The molecule has 0 radical (unpaired) electrons. The van der Waals surface area contributed by atoms with Crippen LogP contribution in [0.4, 0.5) is 0 Å². The van der Waals surface area contributed by atoms with Crippen LogP contribution in [0.25, 0.3) is 10.1 Å². The van der Waals surface area contributed by atoms with E-state index < -0.39 is 5.97 Å². The summed E-state index contributed by atoms with van der Waals surface area (Å²) in [4.78, 5) is 11.7. The Morgan fingerprint density at radius 2 is 2.30 bits per heavy atom. The summed E-state index contributed by atoms with van der Waals surface area (Å²) < 4.78 is 12.2. The Hall–Kier alpha value is -1.43. The second-order valence-electron chi connectivity index (χ2n) is 4.86. The summed E-state index contributed by atoms with van der Waals surface area (Å²) in [6.07, 6.45) is 2.26. The summed E-state index contributed by atoms with van der Waals surface area (Å²) >= 11 is 1.30. The maximum Gasteiger partial charge on any atom is 0.346 e. The largest absolute Gasteiger partial charge is 0.477 e. The molecule has 2 aromatic rings. The van der Waals surface area contributed by atoms with Gasteiger partial charge in [-0.2, -0.15) is 0 Å². The minimum absolute atomic E-state index is 0.160. The van der Waals surface area contributed by atoms with E-state index in [0.29, 0.717) is 18.1 Å². The molecule has 2 heterocycles. The van der Waals surface area contributed by atoms with Crippen molar-refractivity contribution in [2.24, 2.45) is 0 Å². The van der Waals surface area contributed by atoms with Crippen LogP contribution < -0.4 is 0 Å². The van der Waals surface area contributed by atoms with E-state index in [1.54, 1.807) is 0 Å². The Bertz CT molecular complexity index is 613. The zero-order valence-corrected chi connectivity index (χ0v) is 11.8. The van der Waals surface area contributed by atoms with Crippen molar-refractivity contribution in [3.8, 4) is 0 Å². The number of hydrogen-bond acceptors (Lipinski definition) is 4. The van der Waals surface area contributed by atoms with Gasteiger partial charge in [0.1, 0.15) is 4.88 Å². The number of benzene rings is 1. The van der Waals surface area contributed by atoms with E-state index in [1.807, 2.05) is 24.3 Å². The van der Waals surface area contributed by atoms with Crippen LogP contribution >= 0.6 is 11.3 Å². The summed E-state index contributed by atoms with van der Waals surface area (Å²) in [5.74, 6) is -0.887. The number of thiophene rings is 1. The lowest BCUT2D eigenvalue weighted by Gasteiger charge is -2.10. The molecule has 1 saturated heterocycles. The monoisotopic (exact) mass is 292 g/mol. The number of carboxylic acids is 1. The van der Waals surface area contributed by atoms with Gasteiger partial charge in [0.25, 0.3) is 0 Å². The molecule has 106 valence electrons. The molecule has 1 unspecified atom stereocenters. The predicted molar refractivity (Wildman–Crippen MR) is 77.4 cm³/mol. The first kappa shape index (κ1) is 13.5. The van der Waals surface area contributed by atoms with Crippen molar-refractivity contribution < 1.29 is 19.4 Å². The summed E-state index contributed by atoms with van der Waals surface area (Å²) in [5, 5.41) is 10.3. The average Bonchev–Trinajstić information content (AvgIpc) is 3.07. The molecule has 3 rings (SSSR count). The van der Waals surface area contributed by atoms with E-state index in [0.717, 1.165) is 35.1 Å². The Morgan fingerprint density at radius 1 is 1.45 bits per heavy atom. The quantitative estimate of drug-likeness (QED) is 0.918. The van der Waals surface area contributed by atoms with Gasteiger partial charge in [-0.1, -0.05) is 18.2 Å². The van der Waals surface area contributed by atoms with Gasteiger partial charge in [0.05, 0.1) is 19.3 Å². The van der Waals surface area contributed by atoms with Crippen LogP contribution in [0.3, 0.4) is 0 Å². The fourth-order valence-electron chi connectivity index (χ4n) is 2.48. The van der Waals surface area contributed by atoms with Crippen LogP contribution in [0.1, 0.15) is 28.1 Å². The molecule has 4 nitrogen and oxygen atoms in total. The fraction of sp³-hybridized carbons (Fsp3) is 0.400. The Balaban J connectivity index is 1.78. The first-order valence-electron chi connectivity index (χ1n) is 6.69. The van der Waals surface area contributed by atoms with Crippen LogP contribution in [0.5, 0.6) is 0 Å². The van der Waals surface area contributed by atoms with Crippen molar-refractivity contribution in [1.82, 2.24) is 0 Å². The molecule has 1 aliphatic rings. The summed E-state index contributed by atoms with van der Waals surface area (Å²) in [5.41, 5.74) is 0.774. The number of rotatable bonds is 5. The van der Waals surface area contributed by atoms with Crippen molar-refractivity contribution in [2.45, 2.75) is 25.6 Å². The molecule has 0 saturated carbocycles. The average molecular weight is 292 g/mol. The Kier molecular flexibility index (Phi) is 4.00. The minimum Gasteiger partial charge on any atom is -0.477 e. The molecular weight excluding hydrogens is 276 g/mol. The lowest BCUT2D eigenvalue weighted by atomic mass is 10.1. The van der Waals surface area contributed by atoms with Gasteiger partial charge in [-0.05, 0) is 24.3 Å². The molecule has 0 aliphatic carbocycles. The molecule has 1 atom stereocenters. The van der Waals surface area contributed by atoms with Crippen LogP contribution in [0.15, 0.2) is 24.3 Å². The lowest BCUT2D eigenvalue weighted by Crippen LogP contribution is -2.14. The predicted octanol–water partition coefficient (Wildman–Crippen LogP) is 3.30. The van der Waals surface area contributed by atoms with Crippen molar-refractivity contribution in [3.05, 3.63) is 34.7 Å². The smallest absolute Gasteiger partial charge is 0.346 e. The highest BCUT2D eigenvalue weighted by molar-refractivity contribution is 7.21. The van der Waals surface area contributed by atoms with Crippen LogP contribution in [0.2, 0.25) is 0 Å². The number of carboxylic acid groups (broad SMARTS) is 1. The molecule has 20 heavy (non-hydrogen) atoms. The topological polar surface area (TPSA) is 55.8 Å². The summed E-state index contributed by atoms with van der Waals surface area (Å²) in [7, 11) is 0. The van der Waals surface area contributed by atoms with Crippen molar-refractivity contribution in [3.63, 3.8) is 0 Å². The van der Waals surface area contributed by atoms with E-state index in [9.17, 15) is 9.90 Å². The zero-order chi connectivity index (χ0) is 13.9. The van der Waals surface area contributed by atoms with Crippen molar-refractivity contribution >= 4 is 27.4 Å². The SMILES string of the molecule is O=C(O)c1sc2ccccc2c1COCC1CCCO1. The minimum atomic E-state index is -0.887. The third-order valence-electron chi connectivity index (χ3n) is 3.47. The summed E-state index contributed by atoms with van der Waals surface area (Å²) in [6.45, 7) is 1.66. The highest BCUT2D eigenvalue weighted by Gasteiger charge is 2.19. The second-order valence-corrected chi connectivity index (χ2v) is 5.91. The molecule has 1 N–H and O–H groups in total. The molecule has 1 aliphatic heterocycles. The van der Waals surface area contributed by atoms with Gasteiger partial charge in [-0.3, -0.25) is 0 Å². The zero-order valence-electron chi connectivity index (χ0n) is 11.0. The summed E-state index contributed by atoms with van der Waals surface area (Å²) in [6, 6.07) is 7.73. The van der Waals surface area contributed by atoms with E-state index in [-0.39, 0.29) is 6.10 Å². The third-order valence-corrected chi connectivity index (χ3v) is 4.67. The van der Waals surface area contributed by atoms with Gasteiger partial charge in [-0.25, -0.2) is 4.79 Å². The number of aromatic carboxylic acids is 1. The number of fused-ring (bicyclic) bond motifs is 1. The number of ether oxygens (including phenoxy) is 2. The van der Waals surface area contributed by atoms with Gasteiger partial charge in [0.15, 0.2) is 0 Å². The maximum absolute atomic E-state index is 11.3. The molecule has 1 aromatic carbocycles. The van der Waals surface area contributed by atoms with Gasteiger partial charge in [-0.15, -0.1) is 11.3 Å². The van der Waals surface area contributed by atoms with E-state index in [2.05, 4.69) is 0 Å².